The summed E-state index contributed by atoms with van der Waals surface area (Å²) in [6, 6.07) is 8.89. The summed E-state index contributed by atoms with van der Waals surface area (Å²) in [5.41, 5.74) is 0.516. The van der Waals surface area contributed by atoms with Gasteiger partial charge in [-0.3, -0.25) is 0 Å². The summed E-state index contributed by atoms with van der Waals surface area (Å²) in [7, 11) is 0. The Morgan fingerprint density at radius 1 is 1.05 bits per heavy atom. The summed E-state index contributed by atoms with van der Waals surface area (Å²) < 4.78 is 50.2. The fourth-order valence-corrected chi connectivity index (χ4v) is 4.41. The molecule has 4 rings (SSSR count). The Bertz CT molecular complexity index is 1400. The lowest BCUT2D eigenvalue weighted by atomic mass is 10.1. The number of morpholine rings is 1. The molecule has 2 aromatic carbocycles. The lowest BCUT2D eigenvalue weighted by molar-refractivity contribution is -0.137. The number of urea groups is 1. The van der Waals surface area contributed by atoms with E-state index in [2.05, 4.69) is 15.6 Å². The quantitative estimate of drug-likeness (QED) is 0.330. The van der Waals surface area contributed by atoms with Crippen LogP contribution >= 0.6 is 11.6 Å². The maximum absolute atomic E-state index is 13.2. The average molecular weight is 578 g/mol. The zero-order valence-electron chi connectivity index (χ0n) is 21.8. The van der Waals surface area contributed by atoms with Gasteiger partial charge in [0.1, 0.15) is 5.82 Å². The zero-order valence-corrected chi connectivity index (χ0v) is 22.5. The molecule has 3 aromatic rings. The van der Waals surface area contributed by atoms with Crippen molar-refractivity contribution in [3.63, 3.8) is 0 Å². The van der Waals surface area contributed by atoms with Crippen LogP contribution in [-0.2, 0) is 22.1 Å². The molecule has 1 saturated heterocycles. The molecule has 2 amide bonds. The van der Waals surface area contributed by atoms with E-state index in [1.807, 2.05) is 11.8 Å². The van der Waals surface area contributed by atoms with Crippen LogP contribution in [0.5, 0.6) is 0 Å². The number of carbonyl (C=O) groups excluding carboxylic acids is 2. The third-order valence-electron chi connectivity index (χ3n) is 6.03. The third-order valence-corrected chi connectivity index (χ3v) is 6.36. The first-order valence-electron chi connectivity index (χ1n) is 12.6. The van der Waals surface area contributed by atoms with E-state index in [1.54, 1.807) is 31.2 Å². The van der Waals surface area contributed by atoms with Gasteiger partial charge in [0, 0.05) is 35.6 Å². The molecule has 2 heterocycles. The van der Waals surface area contributed by atoms with Crippen LogP contribution in [0, 0.1) is 0 Å². The Labute approximate surface area is 233 Å². The number of alkyl halides is 3. The van der Waals surface area contributed by atoms with Gasteiger partial charge in [0.15, 0.2) is 11.5 Å². The standard InChI is InChI=1S/C27H27ClF3N5O4/c1-3-19-22(25(37)40-4-2)34-23(35-24(19)36-10-12-39-13-11-36)16-6-5-7-17(14-16)32-26(38)33-18-8-9-21(28)20(15-18)27(29,30)31/h5-9,14-15H,3-4,10-13H2,1-2H3,(H2,32,33,38). The van der Waals surface area contributed by atoms with Crippen molar-refractivity contribution in [2.24, 2.45) is 0 Å². The van der Waals surface area contributed by atoms with Crippen LogP contribution < -0.4 is 15.5 Å². The number of aromatic nitrogens is 2. The highest BCUT2D eigenvalue weighted by molar-refractivity contribution is 6.31. The molecule has 0 unspecified atom stereocenters. The van der Waals surface area contributed by atoms with Gasteiger partial charge in [-0.25, -0.2) is 19.6 Å². The van der Waals surface area contributed by atoms with E-state index in [0.717, 1.165) is 12.1 Å². The van der Waals surface area contributed by atoms with E-state index in [0.29, 0.717) is 55.4 Å². The first-order valence-corrected chi connectivity index (χ1v) is 12.9. The largest absolute Gasteiger partial charge is 0.461 e. The van der Waals surface area contributed by atoms with Crippen LogP contribution in [0.4, 0.5) is 35.2 Å². The van der Waals surface area contributed by atoms with Gasteiger partial charge in [-0.05, 0) is 43.7 Å². The Morgan fingerprint density at radius 3 is 2.40 bits per heavy atom. The van der Waals surface area contributed by atoms with Crippen LogP contribution in [0.25, 0.3) is 11.4 Å². The second-order valence-corrected chi connectivity index (χ2v) is 9.13. The normalized spacial score (nSPS) is 13.6. The van der Waals surface area contributed by atoms with Gasteiger partial charge in [-0.2, -0.15) is 13.2 Å². The number of rotatable bonds is 7. The SMILES string of the molecule is CCOC(=O)c1nc(-c2cccc(NC(=O)Nc3ccc(Cl)c(C(F)(F)F)c3)c2)nc(N2CCOCC2)c1CC. The predicted molar refractivity (Wildman–Crippen MR) is 145 cm³/mol. The van der Waals surface area contributed by atoms with Gasteiger partial charge in [-0.1, -0.05) is 30.7 Å². The summed E-state index contributed by atoms with van der Waals surface area (Å²) >= 11 is 5.65. The maximum Gasteiger partial charge on any atom is 0.417 e. The number of nitrogens with one attached hydrogen (secondary N) is 2. The highest BCUT2D eigenvalue weighted by Gasteiger charge is 2.33. The topological polar surface area (TPSA) is 106 Å². The second-order valence-electron chi connectivity index (χ2n) is 8.72. The van der Waals surface area contributed by atoms with Crippen molar-refractivity contribution in [3.05, 3.63) is 64.3 Å². The van der Waals surface area contributed by atoms with E-state index in [9.17, 15) is 22.8 Å². The molecular weight excluding hydrogens is 551 g/mol. The maximum atomic E-state index is 13.2. The highest BCUT2D eigenvalue weighted by atomic mass is 35.5. The van der Waals surface area contributed by atoms with Crippen LogP contribution in [0.2, 0.25) is 5.02 Å². The van der Waals surface area contributed by atoms with Crippen molar-refractivity contribution in [2.45, 2.75) is 26.4 Å². The van der Waals surface area contributed by atoms with E-state index < -0.39 is 28.8 Å². The molecule has 40 heavy (non-hydrogen) atoms. The molecule has 1 aliphatic heterocycles. The van der Waals surface area contributed by atoms with Crippen LogP contribution in [-0.4, -0.2) is 54.9 Å². The monoisotopic (exact) mass is 577 g/mol. The number of benzene rings is 2. The summed E-state index contributed by atoms with van der Waals surface area (Å²) in [6.07, 6.45) is -4.17. The van der Waals surface area contributed by atoms with Gasteiger partial charge in [-0.15, -0.1) is 0 Å². The number of amides is 2. The Kier molecular flexibility index (Phi) is 9.10. The van der Waals surface area contributed by atoms with Crippen molar-refractivity contribution < 1.29 is 32.2 Å². The van der Waals surface area contributed by atoms with E-state index in [1.165, 1.54) is 6.07 Å². The summed E-state index contributed by atoms with van der Waals surface area (Å²) in [5, 5.41) is 4.49. The minimum atomic E-state index is -4.67. The molecular formula is C27H27ClF3N5O4. The molecule has 9 nitrogen and oxygen atoms in total. The molecule has 0 saturated carbocycles. The highest BCUT2D eigenvalue weighted by Crippen LogP contribution is 2.36. The first kappa shape index (κ1) is 29.1. The third kappa shape index (κ3) is 6.80. The number of anilines is 3. The fourth-order valence-electron chi connectivity index (χ4n) is 4.18. The van der Waals surface area contributed by atoms with Gasteiger partial charge in [0.25, 0.3) is 0 Å². The molecule has 1 fully saturated rings. The molecule has 0 radical (unpaired) electrons. The molecule has 2 N–H and O–H groups in total. The zero-order chi connectivity index (χ0) is 28.9. The van der Waals surface area contributed by atoms with Crippen LogP contribution in [0.3, 0.4) is 0 Å². The first-order chi connectivity index (χ1) is 19.1. The lowest BCUT2D eigenvalue weighted by Crippen LogP contribution is -2.38. The van der Waals surface area contributed by atoms with Crippen molar-refractivity contribution in [3.8, 4) is 11.4 Å². The van der Waals surface area contributed by atoms with Gasteiger partial charge >= 0.3 is 18.2 Å². The Morgan fingerprint density at radius 2 is 1.75 bits per heavy atom. The lowest BCUT2D eigenvalue weighted by Gasteiger charge is -2.30. The Hall–Kier alpha value is -3.90. The smallest absolute Gasteiger partial charge is 0.417 e. The molecule has 0 spiro atoms. The molecule has 212 valence electrons. The van der Waals surface area contributed by atoms with Crippen molar-refractivity contribution in [2.75, 3.05) is 48.4 Å². The molecule has 1 aromatic heterocycles. The number of ether oxygens (including phenoxy) is 2. The van der Waals surface area contributed by atoms with Gasteiger partial charge < -0.3 is 25.0 Å². The van der Waals surface area contributed by atoms with Crippen molar-refractivity contribution in [1.29, 1.82) is 0 Å². The molecule has 1 aliphatic rings. The molecule has 0 bridgehead atoms. The minimum absolute atomic E-state index is 0.0851. The van der Waals surface area contributed by atoms with Gasteiger partial charge in [0.05, 0.1) is 30.4 Å². The molecule has 0 aliphatic carbocycles. The number of carbonyl (C=O) groups is 2. The van der Waals surface area contributed by atoms with E-state index >= 15 is 0 Å². The van der Waals surface area contributed by atoms with Crippen molar-refractivity contribution >= 4 is 40.8 Å². The van der Waals surface area contributed by atoms with Gasteiger partial charge in [0.2, 0.25) is 0 Å². The number of halogens is 4. The minimum Gasteiger partial charge on any atom is -0.461 e. The fraction of sp³-hybridized carbons (Fsp3) is 0.333. The van der Waals surface area contributed by atoms with Crippen LogP contribution in [0.1, 0.15) is 35.5 Å². The number of nitrogens with zero attached hydrogens (tertiary/aromatic N) is 3. The Balaban J connectivity index is 1.63. The number of hydrogen-bond acceptors (Lipinski definition) is 7. The average Bonchev–Trinajstić information content (AvgIpc) is 2.93. The van der Waals surface area contributed by atoms with E-state index in [-0.39, 0.29) is 23.8 Å². The summed E-state index contributed by atoms with van der Waals surface area (Å²) in [4.78, 5) is 36.8. The van der Waals surface area contributed by atoms with Crippen LogP contribution in [0.15, 0.2) is 42.5 Å². The molecule has 0 atom stereocenters. The van der Waals surface area contributed by atoms with E-state index in [4.69, 9.17) is 26.1 Å². The van der Waals surface area contributed by atoms with Crippen molar-refractivity contribution in [1.82, 2.24) is 9.97 Å². The summed E-state index contributed by atoms with van der Waals surface area (Å²) in [5.74, 6) is 0.295. The predicted octanol–water partition coefficient (Wildman–Crippen LogP) is 6.04. The summed E-state index contributed by atoms with van der Waals surface area (Å²) in [6.45, 7) is 6.02. The number of esters is 1. The number of hydrogen-bond donors (Lipinski definition) is 2. The molecule has 13 heteroatoms. The second kappa shape index (κ2) is 12.5.